The van der Waals surface area contributed by atoms with Crippen LogP contribution in [0.1, 0.15) is 30.4 Å². The summed E-state index contributed by atoms with van der Waals surface area (Å²) < 4.78 is 11.4. The van der Waals surface area contributed by atoms with Gasteiger partial charge in [-0.15, -0.1) is 0 Å². The fourth-order valence-corrected chi connectivity index (χ4v) is 5.77. The molecule has 8 heteroatoms. The summed E-state index contributed by atoms with van der Waals surface area (Å²) in [6.45, 7) is 3.43. The number of amides is 1. The summed E-state index contributed by atoms with van der Waals surface area (Å²) in [5, 5.41) is 11.5. The number of carbonyl (C=O) groups excluding carboxylic acids is 1. The highest BCUT2D eigenvalue weighted by Gasteiger charge is 2.38. The van der Waals surface area contributed by atoms with Crippen molar-refractivity contribution in [2.45, 2.75) is 25.9 Å². The zero-order valence-corrected chi connectivity index (χ0v) is 22.0. The van der Waals surface area contributed by atoms with Gasteiger partial charge in [0.05, 0.1) is 35.8 Å². The van der Waals surface area contributed by atoms with Gasteiger partial charge in [-0.05, 0) is 66.6 Å². The minimum atomic E-state index is -0.265. The second-order valence-corrected chi connectivity index (χ2v) is 10.1. The molecule has 0 radical (unpaired) electrons. The number of allylic oxidation sites excluding steroid dienone is 1. The van der Waals surface area contributed by atoms with Gasteiger partial charge < -0.3 is 14.4 Å². The molecule has 1 unspecified atom stereocenters. The Labute approximate surface area is 226 Å². The molecule has 6 nitrogen and oxygen atoms in total. The molecule has 0 bridgehead atoms. The minimum Gasteiger partial charge on any atom is -0.494 e. The lowest BCUT2D eigenvalue weighted by Crippen LogP contribution is -2.47. The number of fused-ring (bicyclic) bond motifs is 1. The summed E-state index contributed by atoms with van der Waals surface area (Å²) in [6, 6.07) is 25.5. The highest BCUT2D eigenvalue weighted by atomic mass is 35.5. The average molecular weight is 532 g/mol. The summed E-state index contributed by atoms with van der Waals surface area (Å²) in [5.74, 6) is 1.96. The Morgan fingerprint density at radius 1 is 1.00 bits per heavy atom. The molecule has 0 aromatic heterocycles. The number of benzene rings is 3. The molecule has 0 saturated carbocycles. The Hall–Kier alpha value is -3.60. The van der Waals surface area contributed by atoms with Crippen molar-refractivity contribution in [1.82, 2.24) is 4.90 Å². The van der Waals surface area contributed by atoms with E-state index in [-0.39, 0.29) is 18.2 Å². The molecule has 3 aromatic rings. The van der Waals surface area contributed by atoms with Gasteiger partial charge in [-0.2, -0.15) is 5.26 Å². The summed E-state index contributed by atoms with van der Waals surface area (Å²) in [7, 11) is 0. The van der Waals surface area contributed by atoms with Gasteiger partial charge in [-0.1, -0.05) is 47.6 Å². The quantitative estimate of drug-likeness (QED) is 0.345. The lowest BCUT2D eigenvalue weighted by Gasteiger charge is -2.42. The van der Waals surface area contributed by atoms with Gasteiger partial charge in [-0.25, -0.2) is 0 Å². The van der Waals surface area contributed by atoms with Crippen LogP contribution in [-0.2, 0) is 11.4 Å². The Morgan fingerprint density at radius 2 is 1.68 bits per heavy atom. The standard InChI is InChI=1S/C29H26ClN3O3S/c1-2-35-24-13-9-23(10-14-24)32-18-33-28(34)15-26(27(16-31)29(33)37-19-32)21-5-11-25(12-6-21)36-17-20-3-7-22(30)8-4-20/h3-14,26H,2,15,17-19H2,1H3. The number of hydrogen-bond donors (Lipinski definition) is 0. The molecule has 1 atom stereocenters. The predicted octanol–water partition coefficient (Wildman–Crippen LogP) is 6.54. The van der Waals surface area contributed by atoms with Gasteiger partial charge in [0.25, 0.3) is 0 Å². The zero-order valence-electron chi connectivity index (χ0n) is 20.4. The van der Waals surface area contributed by atoms with E-state index in [2.05, 4.69) is 11.0 Å². The second-order valence-electron chi connectivity index (χ2n) is 8.77. The van der Waals surface area contributed by atoms with Crippen molar-refractivity contribution in [2.75, 3.05) is 24.1 Å². The first-order chi connectivity index (χ1) is 18.1. The number of halogens is 1. The van der Waals surface area contributed by atoms with Crippen LogP contribution in [0.15, 0.2) is 83.4 Å². The van der Waals surface area contributed by atoms with E-state index in [9.17, 15) is 10.1 Å². The number of nitriles is 1. The lowest BCUT2D eigenvalue weighted by molar-refractivity contribution is -0.129. The third kappa shape index (κ3) is 5.56. The van der Waals surface area contributed by atoms with Crippen LogP contribution < -0.4 is 14.4 Å². The van der Waals surface area contributed by atoms with E-state index in [1.54, 1.807) is 4.90 Å². The van der Waals surface area contributed by atoms with Crippen molar-refractivity contribution in [3.05, 3.63) is 99.5 Å². The van der Waals surface area contributed by atoms with Crippen molar-refractivity contribution >= 4 is 35.0 Å². The highest BCUT2D eigenvalue weighted by Crippen LogP contribution is 2.43. The molecule has 2 aliphatic heterocycles. The molecule has 3 aromatic carbocycles. The fraction of sp³-hybridized carbons (Fsp3) is 0.241. The molecule has 2 heterocycles. The van der Waals surface area contributed by atoms with Crippen molar-refractivity contribution in [2.24, 2.45) is 0 Å². The summed E-state index contributed by atoms with van der Waals surface area (Å²) in [5.41, 5.74) is 3.62. The normalized spacial score (nSPS) is 17.3. The smallest absolute Gasteiger partial charge is 0.229 e. The van der Waals surface area contributed by atoms with E-state index in [1.807, 2.05) is 79.7 Å². The minimum absolute atomic E-state index is 0.0187. The van der Waals surface area contributed by atoms with Crippen LogP contribution in [0.4, 0.5) is 5.69 Å². The molecule has 37 heavy (non-hydrogen) atoms. The molecule has 1 amide bonds. The van der Waals surface area contributed by atoms with E-state index < -0.39 is 0 Å². The van der Waals surface area contributed by atoms with Gasteiger partial charge >= 0.3 is 0 Å². The van der Waals surface area contributed by atoms with Gasteiger partial charge in [0.15, 0.2) is 0 Å². The number of hydrogen-bond acceptors (Lipinski definition) is 6. The third-order valence-electron chi connectivity index (χ3n) is 6.41. The van der Waals surface area contributed by atoms with Crippen LogP contribution in [0.25, 0.3) is 0 Å². The summed E-state index contributed by atoms with van der Waals surface area (Å²) in [4.78, 5) is 17.1. The third-order valence-corrected chi connectivity index (χ3v) is 7.81. The molecule has 0 N–H and O–H groups in total. The molecule has 1 saturated heterocycles. The monoisotopic (exact) mass is 531 g/mol. The maximum absolute atomic E-state index is 13.2. The van der Waals surface area contributed by atoms with Crippen LogP contribution in [0.2, 0.25) is 5.02 Å². The molecule has 0 spiro atoms. The van der Waals surface area contributed by atoms with E-state index in [0.717, 1.165) is 33.3 Å². The average Bonchev–Trinajstić information content (AvgIpc) is 2.93. The van der Waals surface area contributed by atoms with Crippen molar-refractivity contribution in [3.8, 4) is 17.6 Å². The molecule has 188 valence electrons. The predicted molar refractivity (Wildman–Crippen MR) is 146 cm³/mol. The maximum Gasteiger partial charge on any atom is 0.229 e. The Bertz CT molecular complexity index is 1330. The maximum atomic E-state index is 13.2. The molecule has 5 rings (SSSR count). The van der Waals surface area contributed by atoms with Crippen LogP contribution in [0.3, 0.4) is 0 Å². The Kier molecular flexibility index (Phi) is 7.59. The number of thioether (sulfide) groups is 1. The number of carbonyl (C=O) groups is 1. The zero-order chi connectivity index (χ0) is 25.8. The van der Waals surface area contributed by atoms with Crippen molar-refractivity contribution in [1.29, 1.82) is 5.26 Å². The van der Waals surface area contributed by atoms with E-state index in [1.165, 1.54) is 11.8 Å². The molecule has 0 aliphatic carbocycles. The number of nitrogens with zero attached hydrogens (tertiary/aromatic N) is 3. The largest absolute Gasteiger partial charge is 0.494 e. The first-order valence-electron chi connectivity index (χ1n) is 12.1. The van der Waals surface area contributed by atoms with E-state index in [0.29, 0.717) is 36.4 Å². The van der Waals surface area contributed by atoms with Crippen LogP contribution >= 0.6 is 23.4 Å². The number of rotatable bonds is 7. The van der Waals surface area contributed by atoms with Gasteiger partial charge in [0.1, 0.15) is 18.1 Å². The molecule has 2 aliphatic rings. The molecular weight excluding hydrogens is 506 g/mol. The van der Waals surface area contributed by atoms with Gasteiger partial charge in [0, 0.05) is 23.0 Å². The number of anilines is 1. The van der Waals surface area contributed by atoms with Crippen molar-refractivity contribution < 1.29 is 14.3 Å². The van der Waals surface area contributed by atoms with Crippen LogP contribution in [0, 0.1) is 11.3 Å². The first kappa shape index (κ1) is 25.1. The Balaban J connectivity index is 1.29. The SMILES string of the molecule is CCOc1ccc(N2CSC3=C(C#N)C(c4ccc(OCc5ccc(Cl)cc5)cc4)CC(=O)N3C2)cc1. The van der Waals surface area contributed by atoms with Crippen molar-refractivity contribution in [3.63, 3.8) is 0 Å². The second kappa shape index (κ2) is 11.2. The Morgan fingerprint density at radius 3 is 2.35 bits per heavy atom. The highest BCUT2D eigenvalue weighted by molar-refractivity contribution is 8.03. The van der Waals surface area contributed by atoms with Crippen LogP contribution in [0.5, 0.6) is 11.5 Å². The van der Waals surface area contributed by atoms with E-state index in [4.69, 9.17) is 21.1 Å². The number of ether oxygens (including phenoxy) is 2. The summed E-state index contributed by atoms with van der Waals surface area (Å²) >= 11 is 7.48. The molecule has 1 fully saturated rings. The van der Waals surface area contributed by atoms with Gasteiger partial charge in [-0.3, -0.25) is 9.69 Å². The van der Waals surface area contributed by atoms with Crippen LogP contribution in [-0.4, -0.2) is 30.0 Å². The van der Waals surface area contributed by atoms with E-state index >= 15 is 0 Å². The fourth-order valence-electron chi connectivity index (χ4n) is 4.47. The first-order valence-corrected chi connectivity index (χ1v) is 13.4. The summed E-state index contributed by atoms with van der Waals surface area (Å²) in [6.07, 6.45) is 0.259. The lowest BCUT2D eigenvalue weighted by atomic mass is 9.86. The topological polar surface area (TPSA) is 65.8 Å². The van der Waals surface area contributed by atoms with Gasteiger partial charge in [0.2, 0.25) is 5.91 Å². The molecular formula is C29H26ClN3O3S.